The van der Waals surface area contributed by atoms with Gasteiger partial charge in [0.05, 0.1) is 0 Å². The zero-order valence-corrected chi connectivity index (χ0v) is 24.0. The van der Waals surface area contributed by atoms with Gasteiger partial charge in [-0.1, -0.05) is 109 Å². The molecule has 0 atom stereocenters. The molecule has 0 amide bonds. The normalized spacial score (nSPS) is 11.4. The molecule has 0 unspecified atom stereocenters. The third-order valence-electron chi connectivity index (χ3n) is 8.58. The summed E-state index contributed by atoms with van der Waals surface area (Å²) < 4.78 is 2.32. The quantitative estimate of drug-likeness (QED) is 0.207. The van der Waals surface area contributed by atoms with Gasteiger partial charge in [0.25, 0.3) is 0 Å². The standard InChI is InChI=1S/C41H30N2/c1-42-39-18-10-17-37(41(39)38-27-32-11-8-9-12-33(32)28-40(38)42)31-21-19-29(20-22-31)30-23-25-36(26-24-30)43(34-13-4-2-5-14-34)35-15-6-3-7-16-35/h2-28H,1H3. The van der Waals surface area contributed by atoms with Crippen LogP contribution in [0, 0.1) is 0 Å². The van der Waals surface area contributed by atoms with Crippen LogP contribution in [0.5, 0.6) is 0 Å². The number of rotatable bonds is 5. The molecular weight excluding hydrogens is 520 g/mol. The topological polar surface area (TPSA) is 8.17 Å². The summed E-state index contributed by atoms with van der Waals surface area (Å²) in [5.74, 6) is 0. The van der Waals surface area contributed by atoms with Crippen molar-refractivity contribution < 1.29 is 0 Å². The zero-order valence-electron chi connectivity index (χ0n) is 24.0. The molecule has 0 fully saturated rings. The van der Waals surface area contributed by atoms with Crippen LogP contribution in [0.1, 0.15) is 0 Å². The van der Waals surface area contributed by atoms with Crippen LogP contribution in [-0.4, -0.2) is 4.57 Å². The summed E-state index contributed by atoms with van der Waals surface area (Å²) in [5.41, 5.74) is 10.8. The van der Waals surface area contributed by atoms with Crippen LogP contribution >= 0.6 is 0 Å². The van der Waals surface area contributed by atoms with Crippen molar-refractivity contribution in [3.63, 3.8) is 0 Å². The second-order valence-electron chi connectivity index (χ2n) is 11.1. The van der Waals surface area contributed by atoms with Crippen molar-refractivity contribution in [3.05, 3.63) is 164 Å². The van der Waals surface area contributed by atoms with E-state index in [0.717, 1.165) is 17.1 Å². The number of nitrogens with zero attached hydrogens (tertiary/aromatic N) is 2. The molecule has 7 aromatic carbocycles. The van der Waals surface area contributed by atoms with Gasteiger partial charge in [-0.25, -0.2) is 0 Å². The molecule has 43 heavy (non-hydrogen) atoms. The van der Waals surface area contributed by atoms with Crippen LogP contribution in [0.2, 0.25) is 0 Å². The molecule has 0 N–H and O–H groups in total. The van der Waals surface area contributed by atoms with Crippen LogP contribution in [0.3, 0.4) is 0 Å². The molecule has 0 aliphatic carbocycles. The monoisotopic (exact) mass is 550 g/mol. The number of fused-ring (bicyclic) bond motifs is 4. The Kier molecular flexibility index (Phi) is 6.05. The van der Waals surface area contributed by atoms with Gasteiger partial charge in [-0.15, -0.1) is 0 Å². The van der Waals surface area contributed by atoms with E-state index in [9.17, 15) is 0 Å². The fourth-order valence-electron chi connectivity index (χ4n) is 6.43. The maximum Gasteiger partial charge on any atom is 0.0495 e. The molecular formula is C41H30N2. The maximum absolute atomic E-state index is 2.35. The highest BCUT2D eigenvalue weighted by atomic mass is 15.1. The Balaban J connectivity index is 1.16. The number of benzene rings is 7. The molecule has 0 aliphatic rings. The first-order valence-corrected chi connectivity index (χ1v) is 14.8. The Morgan fingerprint density at radius 1 is 0.419 bits per heavy atom. The summed E-state index contributed by atoms with van der Waals surface area (Å²) in [6, 6.07) is 58.9. The van der Waals surface area contributed by atoms with Crippen LogP contribution in [0.25, 0.3) is 54.8 Å². The fraction of sp³-hybridized carbons (Fsp3) is 0.0244. The molecule has 0 bridgehead atoms. The van der Waals surface area contributed by atoms with Crippen molar-refractivity contribution in [2.24, 2.45) is 7.05 Å². The van der Waals surface area contributed by atoms with Crippen LogP contribution < -0.4 is 4.90 Å². The average molecular weight is 551 g/mol. The Labute approximate surface area is 251 Å². The molecule has 8 aromatic rings. The van der Waals surface area contributed by atoms with Crippen molar-refractivity contribution in [1.82, 2.24) is 4.57 Å². The number of aryl methyl sites for hydroxylation is 1. The van der Waals surface area contributed by atoms with Gasteiger partial charge < -0.3 is 9.47 Å². The van der Waals surface area contributed by atoms with Crippen molar-refractivity contribution in [2.45, 2.75) is 0 Å². The third kappa shape index (κ3) is 4.36. The highest BCUT2D eigenvalue weighted by molar-refractivity contribution is 6.17. The summed E-state index contributed by atoms with van der Waals surface area (Å²) in [4.78, 5) is 2.29. The Morgan fingerprint density at radius 3 is 1.56 bits per heavy atom. The lowest BCUT2D eigenvalue weighted by atomic mass is 9.96. The minimum atomic E-state index is 1.13. The molecule has 8 rings (SSSR count). The summed E-state index contributed by atoms with van der Waals surface area (Å²) in [7, 11) is 2.17. The van der Waals surface area contributed by atoms with Gasteiger partial charge in [0.2, 0.25) is 0 Å². The second-order valence-corrected chi connectivity index (χ2v) is 11.1. The predicted molar refractivity (Wildman–Crippen MR) is 183 cm³/mol. The van der Waals surface area contributed by atoms with Gasteiger partial charge in [-0.05, 0) is 87.6 Å². The van der Waals surface area contributed by atoms with E-state index in [1.807, 2.05) is 0 Å². The number of hydrogen-bond donors (Lipinski definition) is 0. The van der Waals surface area contributed by atoms with E-state index in [1.165, 1.54) is 54.8 Å². The summed E-state index contributed by atoms with van der Waals surface area (Å²) in [6.45, 7) is 0. The third-order valence-corrected chi connectivity index (χ3v) is 8.58. The first-order chi connectivity index (χ1) is 21.2. The van der Waals surface area contributed by atoms with E-state index < -0.39 is 0 Å². The van der Waals surface area contributed by atoms with Gasteiger partial charge >= 0.3 is 0 Å². The van der Waals surface area contributed by atoms with Crippen molar-refractivity contribution in [3.8, 4) is 22.3 Å². The lowest BCUT2D eigenvalue weighted by Crippen LogP contribution is -2.09. The number of para-hydroxylation sites is 2. The van der Waals surface area contributed by atoms with E-state index in [2.05, 4.69) is 180 Å². The molecule has 0 radical (unpaired) electrons. The summed E-state index contributed by atoms with van der Waals surface area (Å²) in [5, 5.41) is 5.15. The van der Waals surface area contributed by atoms with E-state index in [0.29, 0.717) is 0 Å². The molecule has 0 aliphatic heterocycles. The van der Waals surface area contributed by atoms with Crippen molar-refractivity contribution in [2.75, 3.05) is 4.90 Å². The molecule has 1 aromatic heterocycles. The van der Waals surface area contributed by atoms with Crippen molar-refractivity contribution >= 4 is 49.6 Å². The van der Waals surface area contributed by atoms with E-state index in [-0.39, 0.29) is 0 Å². The molecule has 204 valence electrons. The first-order valence-electron chi connectivity index (χ1n) is 14.8. The number of anilines is 3. The van der Waals surface area contributed by atoms with Crippen LogP contribution in [0.15, 0.2) is 164 Å². The highest BCUT2D eigenvalue weighted by Crippen LogP contribution is 2.39. The van der Waals surface area contributed by atoms with Gasteiger partial charge in [0.1, 0.15) is 0 Å². The summed E-state index contributed by atoms with van der Waals surface area (Å²) >= 11 is 0. The molecule has 0 saturated heterocycles. The Morgan fingerprint density at radius 2 is 0.930 bits per heavy atom. The lowest BCUT2D eigenvalue weighted by Gasteiger charge is -2.25. The summed E-state index contributed by atoms with van der Waals surface area (Å²) in [6.07, 6.45) is 0. The molecule has 1 heterocycles. The average Bonchev–Trinajstić information content (AvgIpc) is 3.36. The zero-order chi connectivity index (χ0) is 28.8. The minimum absolute atomic E-state index is 1.13. The maximum atomic E-state index is 2.35. The molecule has 0 spiro atoms. The van der Waals surface area contributed by atoms with Gasteiger partial charge in [-0.2, -0.15) is 0 Å². The Hall–Kier alpha value is -5.60. The minimum Gasteiger partial charge on any atom is -0.344 e. The van der Waals surface area contributed by atoms with Gasteiger partial charge in [-0.3, -0.25) is 0 Å². The molecule has 2 nitrogen and oxygen atoms in total. The molecule has 0 saturated carbocycles. The van der Waals surface area contributed by atoms with Gasteiger partial charge in [0.15, 0.2) is 0 Å². The number of aromatic nitrogens is 1. The SMILES string of the molecule is Cn1c2cc3ccccc3cc2c2c(-c3ccc(-c4ccc(N(c5ccccc5)c5ccccc5)cc4)cc3)cccc21. The van der Waals surface area contributed by atoms with E-state index in [4.69, 9.17) is 0 Å². The Bertz CT molecular complexity index is 2170. The predicted octanol–water partition coefficient (Wildman–Crippen LogP) is 11.3. The van der Waals surface area contributed by atoms with Crippen LogP contribution in [-0.2, 0) is 7.05 Å². The number of hydrogen-bond acceptors (Lipinski definition) is 1. The van der Waals surface area contributed by atoms with Gasteiger partial charge in [0, 0.05) is 45.9 Å². The fourth-order valence-corrected chi connectivity index (χ4v) is 6.43. The smallest absolute Gasteiger partial charge is 0.0495 e. The largest absolute Gasteiger partial charge is 0.344 e. The van der Waals surface area contributed by atoms with E-state index in [1.54, 1.807) is 0 Å². The second kappa shape index (κ2) is 10.3. The van der Waals surface area contributed by atoms with Crippen molar-refractivity contribution in [1.29, 1.82) is 0 Å². The lowest BCUT2D eigenvalue weighted by molar-refractivity contribution is 1.02. The van der Waals surface area contributed by atoms with Crippen LogP contribution in [0.4, 0.5) is 17.1 Å². The highest BCUT2D eigenvalue weighted by Gasteiger charge is 2.15. The van der Waals surface area contributed by atoms with E-state index >= 15 is 0 Å². The molecule has 2 heteroatoms. The first kappa shape index (κ1) is 25.1.